The minimum Gasteiger partial charge on any atom is -0.392 e. The molecule has 9 heavy (non-hydrogen) atoms. The Labute approximate surface area is 61.3 Å². The Morgan fingerprint density at radius 3 is 2.78 bits per heavy atom. The maximum Gasteiger partial charge on any atom is 0.0614 e. The molecule has 0 saturated carbocycles. The van der Waals surface area contributed by atoms with Crippen molar-refractivity contribution in [2.45, 2.75) is 19.8 Å². The highest BCUT2D eigenvalue weighted by molar-refractivity contribution is 6.17. The fourth-order valence-electron chi connectivity index (χ4n) is 0.604. The smallest absolute Gasteiger partial charge is 0.0614 e. The largest absolute Gasteiger partial charge is 0.392 e. The minimum absolute atomic E-state index is 0.147. The molecule has 0 unspecified atom stereocenters. The van der Waals surface area contributed by atoms with E-state index in [1.807, 2.05) is 13.0 Å². The molecule has 0 atom stereocenters. The van der Waals surface area contributed by atoms with Gasteiger partial charge in [-0.25, -0.2) is 0 Å². The maximum atomic E-state index is 8.43. The van der Waals surface area contributed by atoms with Crippen molar-refractivity contribution < 1.29 is 5.11 Å². The van der Waals surface area contributed by atoms with Gasteiger partial charge in [-0.2, -0.15) is 0 Å². The number of aliphatic hydroxyl groups is 1. The zero-order chi connectivity index (χ0) is 7.11. The summed E-state index contributed by atoms with van der Waals surface area (Å²) in [6.07, 6.45) is 3.82. The topological polar surface area (TPSA) is 20.2 Å². The number of hydrogen-bond donors (Lipinski definition) is 1. The van der Waals surface area contributed by atoms with Gasteiger partial charge >= 0.3 is 0 Å². The number of hydrogen-bond acceptors (Lipinski definition) is 1. The summed E-state index contributed by atoms with van der Waals surface area (Å²) >= 11 is 5.46. The predicted octanol–water partition coefficient (Wildman–Crippen LogP) is 1.94. The van der Waals surface area contributed by atoms with Gasteiger partial charge in [0, 0.05) is 5.88 Å². The SMILES string of the molecule is C/C(=C\CO)CCCCl. The van der Waals surface area contributed by atoms with Crippen LogP contribution in [0.15, 0.2) is 11.6 Å². The zero-order valence-electron chi connectivity index (χ0n) is 5.73. The fraction of sp³-hybridized carbons (Fsp3) is 0.714. The van der Waals surface area contributed by atoms with E-state index in [1.165, 1.54) is 5.57 Å². The normalized spacial score (nSPS) is 12.1. The minimum atomic E-state index is 0.147. The number of halogens is 1. The lowest BCUT2D eigenvalue weighted by atomic mass is 10.2. The molecule has 0 heterocycles. The van der Waals surface area contributed by atoms with Crippen LogP contribution < -0.4 is 0 Å². The number of rotatable bonds is 4. The Balaban J connectivity index is 3.25. The summed E-state index contributed by atoms with van der Waals surface area (Å²) in [5.74, 6) is 0.705. The first-order valence-electron chi connectivity index (χ1n) is 3.13. The Hall–Kier alpha value is -0.0100. The predicted molar refractivity (Wildman–Crippen MR) is 40.8 cm³/mol. The number of allylic oxidation sites excluding steroid dienone is 1. The first-order valence-corrected chi connectivity index (χ1v) is 3.67. The first kappa shape index (κ1) is 8.99. The van der Waals surface area contributed by atoms with E-state index in [1.54, 1.807) is 0 Å². The van der Waals surface area contributed by atoms with Crippen LogP contribution in [0.25, 0.3) is 0 Å². The molecule has 0 amide bonds. The first-order chi connectivity index (χ1) is 4.31. The van der Waals surface area contributed by atoms with Gasteiger partial charge in [0.05, 0.1) is 6.61 Å². The van der Waals surface area contributed by atoms with Crippen LogP contribution in [0.4, 0.5) is 0 Å². The molecule has 0 aliphatic heterocycles. The van der Waals surface area contributed by atoms with E-state index >= 15 is 0 Å². The molecule has 0 radical (unpaired) electrons. The van der Waals surface area contributed by atoms with Crippen LogP contribution in [-0.2, 0) is 0 Å². The molecule has 0 aromatic rings. The van der Waals surface area contributed by atoms with Crippen molar-refractivity contribution in [1.82, 2.24) is 0 Å². The Kier molecular flexibility index (Phi) is 6.11. The van der Waals surface area contributed by atoms with Gasteiger partial charge in [-0.1, -0.05) is 11.6 Å². The summed E-state index contributed by atoms with van der Waals surface area (Å²) in [4.78, 5) is 0. The monoisotopic (exact) mass is 148 g/mol. The van der Waals surface area contributed by atoms with Gasteiger partial charge in [-0.05, 0) is 19.8 Å². The van der Waals surface area contributed by atoms with Gasteiger partial charge in [-0.15, -0.1) is 11.6 Å². The second-order valence-electron chi connectivity index (χ2n) is 2.03. The quantitative estimate of drug-likeness (QED) is 0.477. The zero-order valence-corrected chi connectivity index (χ0v) is 6.49. The second kappa shape index (κ2) is 6.12. The lowest BCUT2D eigenvalue weighted by Crippen LogP contribution is -1.82. The molecular formula is C7H13ClO. The standard InChI is InChI=1S/C7H13ClO/c1-7(4-6-9)3-2-5-8/h4,9H,2-3,5-6H2,1H3/b7-4+. The highest BCUT2D eigenvalue weighted by Gasteiger charge is 1.86. The van der Waals surface area contributed by atoms with E-state index in [-0.39, 0.29) is 6.61 Å². The van der Waals surface area contributed by atoms with Gasteiger partial charge in [-0.3, -0.25) is 0 Å². The van der Waals surface area contributed by atoms with E-state index in [2.05, 4.69) is 0 Å². The Morgan fingerprint density at radius 1 is 1.67 bits per heavy atom. The average Bonchev–Trinajstić information content (AvgIpc) is 1.85. The Bertz CT molecular complexity index is 88.9. The third-order valence-corrected chi connectivity index (χ3v) is 1.41. The molecule has 0 saturated heterocycles. The summed E-state index contributed by atoms with van der Waals surface area (Å²) in [5, 5.41) is 8.43. The van der Waals surface area contributed by atoms with Crippen LogP contribution in [0.5, 0.6) is 0 Å². The molecule has 54 valence electrons. The van der Waals surface area contributed by atoms with Gasteiger partial charge in [0.2, 0.25) is 0 Å². The van der Waals surface area contributed by atoms with E-state index in [9.17, 15) is 0 Å². The molecule has 0 aliphatic rings. The van der Waals surface area contributed by atoms with E-state index < -0.39 is 0 Å². The average molecular weight is 149 g/mol. The van der Waals surface area contributed by atoms with E-state index in [0.717, 1.165) is 12.8 Å². The molecule has 0 aliphatic carbocycles. The summed E-state index contributed by atoms with van der Waals surface area (Å²) in [6, 6.07) is 0. The molecule has 0 spiro atoms. The lowest BCUT2D eigenvalue weighted by molar-refractivity contribution is 0.341. The van der Waals surface area contributed by atoms with Gasteiger partial charge in [0.15, 0.2) is 0 Å². The van der Waals surface area contributed by atoms with Gasteiger partial charge < -0.3 is 5.11 Å². The molecular weight excluding hydrogens is 136 g/mol. The van der Waals surface area contributed by atoms with Gasteiger partial charge in [0.25, 0.3) is 0 Å². The third kappa shape index (κ3) is 5.87. The van der Waals surface area contributed by atoms with Crippen molar-refractivity contribution in [3.8, 4) is 0 Å². The summed E-state index contributed by atoms with van der Waals surface area (Å²) in [6.45, 7) is 2.15. The lowest BCUT2D eigenvalue weighted by Gasteiger charge is -1.95. The number of aliphatic hydroxyl groups excluding tert-OH is 1. The second-order valence-corrected chi connectivity index (χ2v) is 2.40. The van der Waals surface area contributed by atoms with Crippen molar-refractivity contribution in [3.05, 3.63) is 11.6 Å². The highest BCUT2D eigenvalue weighted by Crippen LogP contribution is 2.03. The molecule has 1 nitrogen and oxygen atoms in total. The molecule has 0 rings (SSSR count). The van der Waals surface area contributed by atoms with Crippen molar-refractivity contribution >= 4 is 11.6 Å². The van der Waals surface area contributed by atoms with Crippen molar-refractivity contribution in [1.29, 1.82) is 0 Å². The molecule has 0 bridgehead atoms. The van der Waals surface area contributed by atoms with Crippen LogP contribution in [0.2, 0.25) is 0 Å². The summed E-state index contributed by atoms with van der Waals surface area (Å²) in [5.41, 5.74) is 1.22. The third-order valence-electron chi connectivity index (χ3n) is 1.14. The molecule has 0 aromatic carbocycles. The van der Waals surface area contributed by atoms with Crippen LogP contribution in [0.1, 0.15) is 19.8 Å². The van der Waals surface area contributed by atoms with Gasteiger partial charge in [0.1, 0.15) is 0 Å². The molecule has 2 heteroatoms. The van der Waals surface area contributed by atoms with Crippen molar-refractivity contribution in [2.75, 3.05) is 12.5 Å². The molecule has 1 N–H and O–H groups in total. The van der Waals surface area contributed by atoms with Crippen LogP contribution in [0.3, 0.4) is 0 Å². The number of alkyl halides is 1. The van der Waals surface area contributed by atoms with E-state index in [4.69, 9.17) is 16.7 Å². The Morgan fingerprint density at radius 2 is 2.33 bits per heavy atom. The summed E-state index contributed by atoms with van der Waals surface area (Å²) in [7, 11) is 0. The fourth-order valence-corrected chi connectivity index (χ4v) is 0.737. The molecule has 0 fully saturated rings. The van der Waals surface area contributed by atoms with Crippen LogP contribution >= 0.6 is 11.6 Å². The van der Waals surface area contributed by atoms with Crippen LogP contribution in [0, 0.1) is 0 Å². The summed E-state index contributed by atoms with van der Waals surface area (Å²) < 4.78 is 0. The highest BCUT2D eigenvalue weighted by atomic mass is 35.5. The van der Waals surface area contributed by atoms with Crippen molar-refractivity contribution in [2.24, 2.45) is 0 Å². The van der Waals surface area contributed by atoms with Crippen LogP contribution in [-0.4, -0.2) is 17.6 Å². The maximum absolute atomic E-state index is 8.43. The van der Waals surface area contributed by atoms with E-state index in [0.29, 0.717) is 5.88 Å². The molecule has 0 aromatic heterocycles. The van der Waals surface area contributed by atoms with Crippen molar-refractivity contribution in [3.63, 3.8) is 0 Å².